The fourth-order valence-electron chi connectivity index (χ4n) is 3.52. The average Bonchev–Trinajstić information content (AvgIpc) is 2.99. The monoisotopic (exact) mass is 398 g/mol. The molecule has 144 valence electrons. The van der Waals surface area contributed by atoms with Gasteiger partial charge in [0.05, 0.1) is 0 Å². The summed E-state index contributed by atoms with van der Waals surface area (Å²) < 4.78 is 5.78. The van der Waals surface area contributed by atoms with Gasteiger partial charge in [-0.1, -0.05) is 29.8 Å². The van der Waals surface area contributed by atoms with Crippen LogP contribution in [0.5, 0.6) is 5.75 Å². The molecule has 2 aromatic rings. The third-order valence-corrected chi connectivity index (χ3v) is 5.55. The van der Waals surface area contributed by atoms with Gasteiger partial charge in [0.1, 0.15) is 18.4 Å². The van der Waals surface area contributed by atoms with Crippen LogP contribution in [0.25, 0.3) is 0 Å². The van der Waals surface area contributed by atoms with Crippen molar-refractivity contribution in [3.8, 4) is 5.75 Å². The first kappa shape index (κ1) is 18.5. The summed E-state index contributed by atoms with van der Waals surface area (Å²) in [5.74, 6) is -0.226. The number of piperidine rings is 1. The number of ether oxygens (including phenoxy) is 1. The van der Waals surface area contributed by atoms with Crippen LogP contribution in [0.2, 0.25) is 5.02 Å². The number of carbonyl (C=O) groups is 3. The van der Waals surface area contributed by atoms with E-state index in [-0.39, 0.29) is 18.2 Å². The Bertz CT molecular complexity index is 988. The van der Waals surface area contributed by atoms with Crippen LogP contribution < -0.4 is 10.1 Å². The molecule has 1 saturated heterocycles. The standard InChI is InChI=1S/C21H19ClN2O4/c1-12-2-5-15(9-17(12)22)28-11-13-3-4-14-10-24(21(27)16(14)8-13)18-6-7-19(25)23-20(18)26/h2-5,8-9,18H,6-7,10-11H2,1H3,(H,23,25,26). The van der Waals surface area contributed by atoms with E-state index in [2.05, 4.69) is 5.32 Å². The van der Waals surface area contributed by atoms with Gasteiger partial charge in [-0.05, 0) is 48.2 Å². The summed E-state index contributed by atoms with van der Waals surface area (Å²) in [4.78, 5) is 37.8. The molecule has 2 aliphatic heterocycles. The molecular formula is C21H19ClN2O4. The SMILES string of the molecule is Cc1ccc(OCc2ccc3c(c2)C(=O)N(C2CCC(=O)NC2=O)C3)cc1Cl. The largest absolute Gasteiger partial charge is 0.489 e. The molecule has 0 aliphatic carbocycles. The van der Waals surface area contributed by atoms with E-state index in [0.29, 0.717) is 35.9 Å². The summed E-state index contributed by atoms with van der Waals surface area (Å²) >= 11 is 6.12. The maximum absolute atomic E-state index is 12.8. The molecule has 0 spiro atoms. The van der Waals surface area contributed by atoms with E-state index in [1.807, 2.05) is 31.2 Å². The molecule has 6 nitrogen and oxygen atoms in total. The summed E-state index contributed by atoms with van der Waals surface area (Å²) in [7, 11) is 0. The molecule has 0 aromatic heterocycles. The lowest BCUT2D eigenvalue weighted by molar-refractivity contribution is -0.136. The predicted octanol–water partition coefficient (Wildman–Crippen LogP) is 2.99. The summed E-state index contributed by atoms with van der Waals surface area (Å²) in [6, 6.07) is 10.5. The number of rotatable bonds is 4. The Labute approximate surface area is 167 Å². The Balaban J connectivity index is 1.47. The van der Waals surface area contributed by atoms with Gasteiger partial charge in [-0.3, -0.25) is 19.7 Å². The van der Waals surface area contributed by atoms with Crippen molar-refractivity contribution >= 4 is 29.3 Å². The highest BCUT2D eigenvalue weighted by Gasteiger charge is 2.39. The van der Waals surface area contributed by atoms with Crippen molar-refractivity contribution < 1.29 is 19.1 Å². The number of nitrogens with zero attached hydrogens (tertiary/aromatic N) is 1. The number of amides is 3. The number of hydrogen-bond donors (Lipinski definition) is 1. The highest BCUT2D eigenvalue weighted by atomic mass is 35.5. The third kappa shape index (κ3) is 3.47. The first-order valence-electron chi connectivity index (χ1n) is 9.08. The number of carbonyl (C=O) groups excluding carboxylic acids is 3. The second kappa shape index (κ2) is 7.28. The quantitative estimate of drug-likeness (QED) is 0.803. The lowest BCUT2D eigenvalue weighted by atomic mass is 10.0. The zero-order valence-electron chi connectivity index (χ0n) is 15.3. The van der Waals surface area contributed by atoms with Crippen LogP contribution >= 0.6 is 11.6 Å². The van der Waals surface area contributed by atoms with Gasteiger partial charge in [0, 0.05) is 23.6 Å². The maximum Gasteiger partial charge on any atom is 0.255 e. The van der Waals surface area contributed by atoms with Crippen molar-refractivity contribution in [3.63, 3.8) is 0 Å². The number of hydrogen-bond acceptors (Lipinski definition) is 4. The smallest absolute Gasteiger partial charge is 0.255 e. The maximum atomic E-state index is 12.8. The molecule has 0 radical (unpaired) electrons. The molecule has 2 aliphatic rings. The van der Waals surface area contributed by atoms with E-state index in [0.717, 1.165) is 16.7 Å². The fourth-order valence-corrected chi connectivity index (χ4v) is 3.69. The normalized spacial score (nSPS) is 18.9. The molecule has 28 heavy (non-hydrogen) atoms. The molecule has 0 saturated carbocycles. The topological polar surface area (TPSA) is 75.7 Å². The molecule has 3 amide bonds. The molecule has 2 aromatic carbocycles. The van der Waals surface area contributed by atoms with E-state index in [1.165, 1.54) is 4.90 Å². The van der Waals surface area contributed by atoms with Crippen molar-refractivity contribution in [3.05, 3.63) is 63.7 Å². The van der Waals surface area contributed by atoms with E-state index >= 15 is 0 Å². The zero-order valence-corrected chi connectivity index (χ0v) is 16.1. The molecule has 1 fully saturated rings. The summed E-state index contributed by atoms with van der Waals surface area (Å²) in [6.45, 7) is 2.60. The van der Waals surface area contributed by atoms with Crippen LogP contribution in [0.3, 0.4) is 0 Å². The third-order valence-electron chi connectivity index (χ3n) is 5.14. The summed E-state index contributed by atoms with van der Waals surface area (Å²) in [5, 5.41) is 2.95. The van der Waals surface area contributed by atoms with Gasteiger partial charge in [-0.15, -0.1) is 0 Å². The number of imide groups is 1. The van der Waals surface area contributed by atoms with Gasteiger partial charge >= 0.3 is 0 Å². The minimum atomic E-state index is -0.605. The van der Waals surface area contributed by atoms with Crippen LogP contribution in [-0.2, 0) is 22.7 Å². The van der Waals surface area contributed by atoms with Crippen molar-refractivity contribution in [2.45, 2.75) is 39.0 Å². The Morgan fingerprint density at radius 3 is 2.75 bits per heavy atom. The lowest BCUT2D eigenvalue weighted by Crippen LogP contribution is -2.52. The Hall–Kier alpha value is -2.86. The van der Waals surface area contributed by atoms with Crippen molar-refractivity contribution in [1.82, 2.24) is 10.2 Å². The van der Waals surface area contributed by atoms with Gasteiger partial charge in [-0.25, -0.2) is 0 Å². The predicted molar refractivity (Wildman–Crippen MR) is 103 cm³/mol. The minimum absolute atomic E-state index is 0.190. The Morgan fingerprint density at radius 2 is 2.00 bits per heavy atom. The van der Waals surface area contributed by atoms with Crippen LogP contribution in [0.15, 0.2) is 36.4 Å². The van der Waals surface area contributed by atoms with Gasteiger partial charge in [-0.2, -0.15) is 0 Å². The van der Waals surface area contributed by atoms with Gasteiger partial charge in [0.25, 0.3) is 5.91 Å². The first-order chi connectivity index (χ1) is 13.4. The van der Waals surface area contributed by atoms with Gasteiger partial charge in [0.2, 0.25) is 11.8 Å². The Kier molecular flexibility index (Phi) is 4.81. The van der Waals surface area contributed by atoms with E-state index < -0.39 is 11.9 Å². The minimum Gasteiger partial charge on any atom is -0.489 e. The molecule has 7 heteroatoms. The second-order valence-corrected chi connectivity index (χ2v) is 7.50. The molecule has 1 atom stereocenters. The van der Waals surface area contributed by atoms with Crippen LogP contribution in [0, 0.1) is 6.92 Å². The zero-order chi connectivity index (χ0) is 19.8. The fraction of sp³-hybridized carbons (Fsp3) is 0.286. The highest BCUT2D eigenvalue weighted by Crippen LogP contribution is 2.29. The van der Waals surface area contributed by atoms with E-state index in [4.69, 9.17) is 16.3 Å². The number of nitrogens with one attached hydrogen (secondary N) is 1. The molecule has 4 rings (SSSR count). The number of benzene rings is 2. The van der Waals surface area contributed by atoms with E-state index in [1.54, 1.807) is 12.1 Å². The van der Waals surface area contributed by atoms with Gasteiger partial charge < -0.3 is 9.64 Å². The highest BCUT2D eigenvalue weighted by molar-refractivity contribution is 6.31. The molecular weight excluding hydrogens is 380 g/mol. The molecule has 1 unspecified atom stereocenters. The van der Waals surface area contributed by atoms with E-state index in [9.17, 15) is 14.4 Å². The average molecular weight is 399 g/mol. The summed E-state index contributed by atoms with van der Waals surface area (Å²) in [6.07, 6.45) is 0.600. The van der Waals surface area contributed by atoms with Crippen molar-refractivity contribution in [2.24, 2.45) is 0 Å². The molecule has 2 heterocycles. The summed E-state index contributed by atoms with van der Waals surface area (Å²) in [5.41, 5.74) is 3.28. The molecule has 1 N–H and O–H groups in total. The van der Waals surface area contributed by atoms with Crippen LogP contribution in [0.4, 0.5) is 0 Å². The van der Waals surface area contributed by atoms with Crippen LogP contribution in [-0.4, -0.2) is 28.7 Å². The van der Waals surface area contributed by atoms with Crippen molar-refractivity contribution in [2.75, 3.05) is 0 Å². The number of aryl methyl sites for hydroxylation is 1. The second-order valence-electron chi connectivity index (χ2n) is 7.09. The molecule has 0 bridgehead atoms. The van der Waals surface area contributed by atoms with Crippen molar-refractivity contribution in [1.29, 1.82) is 0 Å². The van der Waals surface area contributed by atoms with Crippen LogP contribution in [0.1, 0.15) is 39.9 Å². The first-order valence-corrected chi connectivity index (χ1v) is 9.45. The Morgan fingerprint density at radius 1 is 1.18 bits per heavy atom. The lowest BCUT2D eigenvalue weighted by Gasteiger charge is -2.29. The number of halogens is 1. The number of fused-ring (bicyclic) bond motifs is 1. The van der Waals surface area contributed by atoms with Gasteiger partial charge in [0.15, 0.2) is 0 Å².